The summed E-state index contributed by atoms with van der Waals surface area (Å²) in [6, 6.07) is 3.40. The lowest BCUT2D eigenvalue weighted by Crippen LogP contribution is -2.32. The molecule has 1 aromatic heterocycles. The minimum Gasteiger partial charge on any atom is -0.480 e. The molecule has 1 aliphatic rings. The van der Waals surface area contributed by atoms with Crippen molar-refractivity contribution in [3.05, 3.63) is 23.9 Å². The van der Waals surface area contributed by atoms with Crippen LogP contribution in [0.5, 0.6) is 5.88 Å². The minimum atomic E-state index is -0.176. The van der Waals surface area contributed by atoms with Gasteiger partial charge in [0.25, 0.3) is 5.91 Å². The highest BCUT2D eigenvalue weighted by atomic mass is 16.5. The molecule has 1 saturated heterocycles. The van der Waals surface area contributed by atoms with Crippen molar-refractivity contribution in [1.29, 1.82) is 0 Å². The molecule has 1 fully saturated rings. The van der Waals surface area contributed by atoms with Crippen LogP contribution >= 0.6 is 0 Å². The molecule has 1 aromatic rings. The van der Waals surface area contributed by atoms with E-state index in [1.54, 1.807) is 18.3 Å². The van der Waals surface area contributed by atoms with Crippen LogP contribution in [0.1, 0.15) is 23.2 Å². The van der Waals surface area contributed by atoms with E-state index in [1.165, 1.54) is 7.11 Å². The first-order valence-corrected chi connectivity index (χ1v) is 5.70. The molecule has 0 aromatic carbocycles. The Bertz CT molecular complexity index is 389. The quantitative estimate of drug-likeness (QED) is 0.847. The molecular weight excluding hydrogens is 220 g/mol. The van der Waals surface area contributed by atoms with Crippen LogP contribution in [0.2, 0.25) is 0 Å². The normalized spacial score (nSPS) is 19.0. The third-order valence-electron chi connectivity index (χ3n) is 2.72. The Morgan fingerprint density at radius 3 is 3.29 bits per heavy atom. The molecule has 1 atom stereocenters. The molecule has 2 heterocycles. The van der Waals surface area contributed by atoms with Crippen LogP contribution in [0, 0.1) is 0 Å². The van der Waals surface area contributed by atoms with Gasteiger partial charge in [-0.25, -0.2) is 4.98 Å². The molecule has 5 heteroatoms. The summed E-state index contributed by atoms with van der Waals surface area (Å²) in [6.45, 7) is 1.33. The molecule has 1 aliphatic heterocycles. The lowest BCUT2D eigenvalue weighted by Gasteiger charge is -2.11. The fourth-order valence-corrected chi connectivity index (χ4v) is 1.83. The van der Waals surface area contributed by atoms with Crippen molar-refractivity contribution in [3.8, 4) is 5.88 Å². The number of aromatic nitrogens is 1. The van der Waals surface area contributed by atoms with Crippen LogP contribution < -0.4 is 10.1 Å². The van der Waals surface area contributed by atoms with E-state index in [1.807, 2.05) is 0 Å². The maximum absolute atomic E-state index is 11.9. The summed E-state index contributed by atoms with van der Waals surface area (Å²) < 4.78 is 10.5. The van der Waals surface area contributed by atoms with Crippen molar-refractivity contribution in [3.63, 3.8) is 0 Å². The molecule has 0 radical (unpaired) electrons. The maximum atomic E-state index is 11.9. The zero-order valence-electron chi connectivity index (χ0n) is 9.81. The zero-order chi connectivity index (χ0) is 12.1. The highest BCUT2D eigenvalue weighted by Crippen LogP contribution is 2.14. The van der Waals surface area contributed by atoms with E-state index >= 15 is 0 Å². The summed E-state index contributed by atoms with van der Waals surface area (Å²) in [5, 5.41) is 2.83. The fourth-order valence-electron chi connectivity index (χ4n) is 1.83. The highest BCUT2D eigenvalue weighted by molar-refractivity contribution is 5.96. The Hall–Kier alpha value is -1.62. The Morgan fingerprint density at radius 1 is 1.71 bits per heavy atom. The Labute approximate surface area is 100 Å². The van der Waals surface area contributed by atoms with Crippen molar-refractivity contribution in [1.82, 2.24) is 10.3 Å². The average molecular weight is 236 g/mol. The van der Waals surface area contributed by atoms with Crippen LogP contribution in [-0.4, -0.2) is 37.3 Å². The molecule has 1 N–H and O–H groups in total. The van der Waals surface area contributed by atoms with Gasteiger partial charge in [0.1, 0.15) is 5.56 Å². The Morgan fingerprint density at radius 2 is 2.59 bits per heavy atom. The van der Waals surface area contributed by atoms with E-state index in [-0.39, 0.29) is 12.0 Å². The monoisotopic (exact) mass is 236 g/mol. The van der Waals surface area contributed by atoms with Gasteiger partial charge in [-0.15, -0.1) is 0 Å². The summed E-state index contributed by atoms with van der Waals surface area (Å²) in [4.78, 5) is 15.9. The largest absolute Gasteiger partial charge is 0.480 e. The zero-order valence-corrected chi connectivity index (χ0v) is 9.81. The van der Waals surface area contributed by atoms with Crippen molar-refractivity contribution >= 4 is 5.91 Å². The standard InChI is InChI=1S/C12H16N2O3/c1-16-12-10(5-2-6-13-12)11(15)14-8-9-4-3-7-17-9/h2,5-6,9H,3-4,7-8H2,1H3,(H,14,15)/t9-/m0/s1. The molecule has 92 valence electrons. The molecule has 0 unspecified atom stereocenters. The molecule has 0 aliphatic carbocycles. The number of rotatable bonds is 4. The summed E-state index contributed by atoms with van der Waals surface area (Å²) in [6.07, 6.45) is 3.80. The number of hydrogen-bond acceptors (Lipinski definition) is 4. The van der Waals surface area contributed by atoms with Gasteiger partial charge in [0.05, 0.1) is 13.2 Å². The van der Waals surface area contributed by atoms with Crippen LogP contribution in [0.25, 0.3) is 0 Å². The third-order valence-corrected chi connectivity index (χ3v) is 2.72. The maximum Gasteiger partial charge on any atom is 0.256 e. The topological polar surface area (TPSA) is 60.5 Å². The van der Waals surface area contributed by atoms with Crippen LogP contribution in [0.4, 0.5) is 0 Å². The first kappa shape index (κ1) is 11.9. The van der Waals surface area contributed by atoms with Gasteiger partial charge in [0.15, 0.2) is 0 Å². The van der Waals surface area contributed by atoms with Gasteiger partial charge in [0, 0.05) is 19.3 Å². The van der Waals surface area contributed by atoms with Crippen molar-refractivity contribution in [2.24, 2.45) is 0 Å². The number of hydrogen-bond donors (Lipinski definition) is 1. The number of carbonyl (C=O) groups is 1. The number of nitrogens with zero attached hydrogens (tertiary/aromatic N) is 1. The molecule has 2 rings (SSSR count). The molecular formula is C12H16N2O3. The predicted octanol–water partition coefficient (Wildman–Crippen LogP) is 0.999. The predicted molar refractivity (Wildman–Crippen MR) is 62.1 cm³/mol. The molecule has 0 bridgehead atoms. The van der Waals surface area contributed by atoms with Gasteiger partial charge in [-0.1, -0.05) is 0 Å². The third kappa shape index (κ3) is 2.94. The van der Waals surface area contributed by atoms with E-state index in [0.29, 0.717) is 18.0 Å². The SMILES string of the molecule is COc1ncccc1C(=O)NC[C@@H]1CCCO1. The molecule has 1 amide bonds. The summed E-state index contributed by atoms with van der Waals surface area (Å²) in [7, 11) is 1.50. The summed E-state index contributed by atoms with van der Waals surface area (Å²) in [5.41, 5.74) is 0.452. The molecule has 0 spiro atoms. The molecule has 17 heavy (non-hydrogen) atoms. The van der Waals surface area contributed by atoms with Crippen LogP contribution in [0.3, 0.4) is 0 Å². The smallest absolute Gasteiger partial charge is 0.256 e. The highest BCUT2D eigenvalue weighted by Gasteiger charge is 2.18. The van der Waals surface area contributed by atoms with Crippen LogP contribution in [0.15, 0.2) is 18.3 Å². The summed E-state index contributed by atoms with van der Waals surface area (Å²) >= 11 is 0. The van der Waals surface area contributed by atoms with E-state index in [4.69, 9.17) is 9.47 Å². The van der Waals surface area contributed by atoms with E-state index in [9.17, 15) is 4.79 Å². The van der Waals surface area contributed by atoms with Crippen LogP contribution in [-0.2, 0) is 4.74 Å². The first-order valence-electron chi connectivity index (χ1n) is 5.70. The fraction of sp³-hybridized carbons (Fsp3) is 0.500. The Balaban J connectivity index is 1.94. The van der Waals surface area contributed by atoms with Crippen molar-refractivity contribution in [2.75, 3.05) is 20.3 Å². The van der Waals surface area contributed by atoms with Gasteiger partial charge < -0.3 is 14.8 Å². The number of ether oxygens (including phenoxy) is 2. The number of carbonyl (C=O) groups excluding carboxylic acids is 1. The lowest BCUT2D eigenvalue weighted by atomic mass is 10.2. The lowest BCUT2D eigenvalue weighted by molar-refractivity contribution is 0.0854. The van der Waals surface area contributed by atoms with Gasteiger partial charge >= 0.3 is 0 Å². The van der Waals surface area contributed by atoms with Crippen molar-refractivity contribution < 1.29 is 14.3 Å². The number of nitrogens with one attached hydrogen (secondary N) is 1. The average Bonchev–Trinajstić information content (AvgIpc) is 2.89. The second-order valence-electron chi connectivity index (χ2n) is 3.91. The Kier molecular flexibility index (Phi) is 3.93. The van der Waals surface area contributed by atoms with E-state index < -0.39 is 0 Å². The van der Waals surface area contributed by atoms with Gasteiger partial charge in [-0.3, -0.25) is 4.79 Å². The van der Waals surface area contributed by atoms with Crippen molar-refractivity contribution in [2.45, 2.75) is 18.9 Å². The number of pyridine rings is 1. The van der Waals surface area contributed by atoms with Gasteiger partial charge in [-0.05, 0) is 25.0 Å². The van der Waals surface area contributed by atoms with Gasteiger partial charge in [-0.2, -0.15) is 0 Å². The second-order valence-corrected chi connectivity index (χ2v) is 3.91. The molecule has 0 saturated carbocycles. The number of methoxy groups -OCH3 is 1. The van der Waals surface area contributed by atoms with E-state index in [0.717, 1.165) is 19.4 Å². The second kappa shape index (κ2) is 5.63. The first-order chi connectivity index (χ1) is 8.31. The minimum absolute atomic E-state index is 0.140. The van der Waals surface area contributed by atoms with Gasteiger partial charge in [0.2, 0.25) is 5.88 Å². The van der Waals surface area contributed by atoms with E-state index in [2.05, 4.69) is 10.3 Å². The summed E-state index contributed by atoms with van der Waals surface area (Å²) in [5.74, 6) is 0.169. The molecule has 5 nitrogen and oxygen atoms in total. The number of amides is 1.